The summed E-state index contributed by atoms with van der Waals surface area (Å²) < 4.78 is 2.23. The number of imidazole rings is 1. The van der Waals surface area contributed by atoms with Crippen molar-refractivity contribution in [1.82, 2.24) is 24.3 Å². The lowest BCUT2D eigenvalue weighted by molar-refractivity contribution is 0.152. The third-order valence-electron chi connectivity index (χ3n) is 6.67. The molecule has 3 atom stereocenters. The van der Waals surface area contributed by atoms with Crippen LogP contribution < -0.4 is 0 Å². The maximum absolute atomic E-state index is 12.9. The fourth-order valence-corrected chi connectivity index (χ4v) is 5.20. The molecule has 1 aromatic carbocycles. The SMILES string of the molecule is Cc1ccccc1[C@H]1[C@@H]2CN(CCCn3ccnc3C)C[C@@H]2CN1C(=O)N(C)C. The number of carbonyl (C=O) groups is 1. The van der Waals surface area contributed by atoms with Crippen LogP contribution in [0.25, 0.3) is 0 Å². The van der Waals surface area contributed by atoms with Crippen LogP contribution in [0.15, 0.2) is 36.7 Å². The van der Waals surface area contributed by atoms with Crippen LogP contribution >= 0.6 is 0 Å². The van der Waals surface area contributed by atoms with E-state index in [1.54, 1.807) is 4.90 Å². The Balaban J connectivity index is 1.46. The minimum Gasteiger partial charge on any atom is -0.335 e. The summed E-state index contributed by atoms with van der Waals surface area (Å²) in [6, 6.07) is 8.88. The van der Waals surface area contributed by atoms with Gasteiger partial charge in [-0.2, -0.15) is 0 Å². The van der Waals surface area contributed by atoms with Gasteiger partial charge in [0.25, 0.3) is 0 Å². The average Bonchev–Trinajstić information content (AvgIpc) is 3.36. The Morgan fingerprint density at radius 3 is 2.62 bits per heavy atom. The largest absolute Gasteiger partial charge is 0.335 e. The van der Waals surface area contributed by atoms with Crippen LogP contribution in [-0.4, -0.2) is 70.6 Å². The van der Waals surface area contributed by atoms with Gasteiger partial charge in [-0.1, -0.05) is 24.3 Å². The maximum atomic E-state index is 12.9. The number of fused-ring (bicyclic) bond motifs is 1. The van der Waals surface area contributed by atoms with E-state index >= 15 is 0 Å². The predicted molar refractivity (Wildman–Crippen MR) is 115 cm³/mol. The molecule has 0 radical (unpaired) electrons. The van der Waals surface area contributed by atoms with Gasteiger partial charge in [-0.05, 0) is 43.9 Å². The van der Waals surface area contributed by atoms with Crippen molar-refractivity contribution in [3.63, 3.8) is 0 Å². The molecule has 156 valence electrons. The molecular weight excluding hydrogens is 362 g/mol. The van der Waals surface area contributed by atoms with Crippen LogP contribution in [0.5, 0.6) is 0 Å². The summed E-state index contributed by atoms with van der Waals surface area (Å²) in [6.07, 6.45) is 5.07. The number of rotatable bonds is 5. The Morgan fingerprint density at radius 1 is 1.14 bits per heavy atom. The molecular formula is C23H33N5O. The second-order valence-electron chi connectivity index (χ2n) is 8.84. The number of urea groups is 1. The van der Waals surface area contributed by atoms with E-state index < -0.39 is 0 Å². The van der Waals surface area contributed by atoms with E-state index in [1.165, 1.54) is 11.1 Å². The number of aryl methyl sites for hydroxylation is 3. The molecule has 0 unspecified atom stereocenters. The number of carbonyl (C=O) groups excluding carboxylic acids is 1. The molecule has 1 aromatic heterocycles. The van der Waals surface area contributed by atoms with Crippen molar-refractivity contribution >= 4 is 6.03 Å². The smallest absolute Gasteiger partial charge is 0.320 e. The highest BCUT2D eigenvalue weighted by Gasteiger charge is 2.49. The van der Waals surface area contributed by atoms with Gasteiger partial charge in [-0.25, -0.2) is 9.78 Å². The van der Waals surface area contributed by atoms with E-state index in [2.05, 4.69) is 63.7 Å². The minimum absolute atomic E-state index is 0.134. The van der Waals surface area contributed by atoms with Gasteiger partial charge in [0.15, 0.2) is 0 Å². The molecule has 2 aliphatic heterocycles. The van der Waals surface area contributed by atoms with Gasteiger partial charge in [0.2, 0.25) is 0 Å². The Bertz CT molecular complexity index is 860. The Labute approximate surface area is 174 Å². The predicted octanol–water partition coefficient (Wildman–Crippen LogP) is 3.18. The number of amides is 2. The van der Waals surface area contributed by atoms with Crippen molar-refractivity contribution in [1.29, 1.82) is 0 Å². The number of aromatic nitrogens is 2. The van der Waals surface area contributed by atoms with E-state index in [1.807, 2.05) is 20.3 Å². The van der Waals surface area contributed by atoms with E-state index in [9.17, 15) is 4.79 Å². The van der Waals surface area contributed by atoms with Crippen molar-refractivity contribution in [2.24, 2.45) is 11.8 Å². The normalized spacial score (nSPS) is 24.1. The molecule has 2 aliphatic rings. The molecule has 6 nitrogen and oxygen atoms in total. The summed E-state index contributed by atoms with van der Waals surface area (Å²) in [7, 11) is 3.71. The molecule has 2 amide bonds. The van der Waals surface area contributed by atoms with Gasteiger partial charge in [0.1, 0.15) is 5.82 Å². The topological polar surface area (TPSA) is 44.6 Å². The van der Waals surface area contributed by atoms with Crippen molar-refractivity contribution in [2.45, 2.75) is 32.9 Å². The van der Waals surface area contributed by atoms with E-state index in [0.29, 0.717) is 11.8 Å². The molecule has 6 heteroatoms. The first-order valence-corrected chi connectivity index (χ1v) is 10.7. The van der Waals surface area contributed by atoms with E-state index in [-0.39, 0.29) is 12.1 Å². The Hall–Kier alpha value is -2.34. The fraction of sp³-hybridized carbons (Fsp3) is 0.565. The zero-order valence-electron chi connectivity index (χ0n) is 18.1. The van der Waals surface area contributed by atoms with Gasteiger partial charge < -0.3 is 19.3 Å². The summed E-state index contributed by atoms with van der Waals surface area (Å²) in [5, 5.41) is 0. The maximum Gasteiger partial charge on any atom is 0.320 e. The van der Waals surface area contributed by atoms with Crippen molar-refractivity contribution in [3.05, 3.63) is 53.6 Å². The zero-order chi connectivity index (χ0) is 20.5. The van der Waals surface area contributed by atoms with Crippen LogP contribution in [-0.2, 0) is 6.54 Å². The molecule has 2 saturated heterocycles. The minimum atomic E-state index is 0.134. The molecule has 0 bridgehead atoms. The highest BCUT2D eigenvalue weighted by Crippen LogP contribution is 2.46. The van der Waals surface area contributed by atoms with E-state index in [0.717, 1.165) is 45.0 Å². The molecule has 0 aliphatic carbocycles. The number of hydrogen-bond acceptors (Lipinski definition) is 3. The number of nitrogens with zero attached hydrogens (tertiary/aromatic N) is 5. The van der Waals surface area contributed by atoms with Crippen LogP contribution in [0.3, 0.4) is 0 Å². The standard InChI is InChI=1S/C23H33N5O/c1-17-8-5-6-9-20(17)22-21-16-26(11-7-12-27-13-10-24-18(27)2)14-19(21)15-28(22)23(29)25(3)4/h5-6,8-10,13,19,21-22H,7,11-12,14-16H2,1-4H3/t19-,21-,22+/m1/s1. The first-order valence-electron chi connectivity index (χ1n) is 10.7. The lowest BCUT2D eigenvalue weighted by Crippen LogP contribution is -2.41. The van der Waals surface area contributed by atoms with Gasteiger partial charge in [0.05, 0.1) is 6.04 Å². The molecule has 29 heavy (non-hydrogen) atoms. The van der Waals surface area contributed by atoms with E-state index in [4.69, 9.17) is 0 Å². The first-order chi connectivity index (χ1) is 14.0. The highest BCUT2D eigenvalue weighted by atomic mass is 16.2. The summed E-state index contributed by atoms with van der Waals surface area (Å²) in [5.74, 6) is 2.15. The second-order valence-corrected chi connectivity index (χ2v) is 8.84. The molecule has 2 fully saturated rings. The quantitative estimate of drug-likeness (QED) is 0.781. The highest BCUT2D eigenvalue weighted by molar-refractivity contribution is 5.75. The Kier molecular flexibility index (Phi) is 5.63. The van der Waals surface area contributed by atoms with Crippen molar-refractivity contribution in [2.75, 3.05) is 40.3 Å². The Morgan fingerprint density at radius 2 is 1.93 bits per heavy atom. The monoisotopic (exact) mass is 395 g/mol. The summed E-state index contributed by atoms with van der Waals surface area (Å²) in [4.78, 5) is 23.7. The lowest BCUT2D eigenvalue weighted by atomic mass is 9.88. The number of likely N-dealkylation sites (tertiary alicyclic amines) is 2. The fourth-order valence-electron chi connectivity index (χ4n) is 5.20. The van der Waals surface area contributed by atoms with Gasteiger partial charge >= 0.3 is 6.03 Å². The van der Waals surface area contributed by atoms with Crippen LogP contribution in [0.1, 0.15) is 29.4 Å². The van der Waals surface area contributed by atoms with Gasteiger partial charge in [0, 0.05) is 58.6 Å². The number of benzene rings is 1. The summed E-state index contributed by atoms with van der Waals surface area (Å²) >= 11 is 0. The van der Waals surface area contributed by atoms with Crippen molar-refractivity contribution < 1.29 is 4.79 Å². The van der Waals surface area contributed by atoms with Crippen LogP contribution in [0, 0.1) is 25.7 Å². The molecule has 0 saturated carbocycles. The van der Waals surface area contributed by atoms with Crippen LogP contribution in [0.2, 0.25) is 0 Å². The molecule has 3 heterocycles. The third kappa shape index (κ3) is 3.90. The van der Waals surface area contributed by atoms with Crippen LogP contribution in [0.4, 0.5) is 4.79 Å². The van der Waals surface area contributed by atoms with Crippen molar-refractivity contribution in [3.8, 4) is 0 Å². The third-order valence-corrected chi connectivity index (χ3v) is 6.67. The van der Waals surface area contributed by atoms with Gasteiger partial charge in [-0.3, -0.25) is 0 Å². The second kappa shape index (κ2) is 8.19. The molecule has 0 spiro atoms. The molecule has 0 N–H and O–H groups in total. The van der Waals surface area contributed by atoms with Gasteiger partial charge in [-0.15, -0.1) is 0 Å². The summed E-state index contributed by atoms with van der Waals surface area (Å²) in [5.41, 5.74) is 2.59. The number of hydrogen-bond donors (Lipinski definition) is 0. The molecule has 4 rings (SSSR count). The first kappa shape index (κ1) is 20.0. The summed E-state index contributed by atoms with van der Waals surface area (Å²) in [6.45, 7) is 9.37. The average molecular weight is 396 g/mol. The molecule has 2 aromatic rings. The lowest BCUT2D eigenvalue weighted by Gasteiger charge is -2.32. The zero-order valence-corrected chi connectivity index (χ0v) is 18.1.